The molecule has 0 radical (unpaired) electrons. The van der Waals surface area contributed by atoms with Crippen LogP contribution in [0.2, 0.25) is 0 Å². The molecule has 27 heavy (non-hydrogen) atoms. The van der Waals surface area contributed by atoms with Crippen LogP contribution in [0.4, 0.5) is 0 Å². The lowest BCUT2D eigenvalue weighted by Crippen LogP contribution is -2.47. The van der Waals surface area contributed by atoms with Crippen molar-refractivity contribution in [2.45, 2.75) is 44.7 Å². The first kappa shape index (κ1) is 17.6. The number of ether oxygens (including phenoxy) is 1. The van der Waals surface area contributed by atoms with E-state index < -0.39 is 5.41 Å². The van der Waals surface area contributed by atoms with Gasteiger partial charge in [-0.3, -0.25) is 9.59 Å². The van der Waals surface area contributed by atoms with Crippen LogP contribution < -0.4 is 0 Å². The smallest absolute Gasteiger partial charge is 0.314 e. The van der Waals surface area contributed by atoms with Crippen LogP contribution in [0.15, 0.2) is 48.8 Å². The van der Waals surface area contributed by atoms with Gasteiger partial charge in [-0.15, -0.1) is 0 Å². The molecule has 2 fully saturated rings. The van der Waals surface area contributed by atoms with Gasteiger partial charge in [-0.25, -0.2) is 0 Å². The van der Waals surface area contributed by atoms with Crippen LogP contribution >= 0.6 is 0 Å². The number of rotatable bonds is 5. The van der Waals surface area contributed by atoms with Crippen molar-refractivity contribution in [2.75, 3.05) is 6.61 Å². The molecule has 1 amide bonds. The summed E-state index contributed by atoms with van der Waals surface area (Å²) in [5.74, 6) is -0.261. The highest BCUT2D eigenvalue weighted by Gasteiger charge is 2.61. The molecule has 2 saturated heterocycles. The van der Waals surface area contributed by atoms with Crippen LogP contribution in [0.1, 0.15) is 42.1 Å². The third-order valence-electron chi connectivity index (χ3n) is 5.85. The van der Waals surface area contributed by atoms with E-state index in [2.05, 4.69) is 10.2 Å². The van der Waals surface area contributed by atoms with Crippen molar-refractivity contribution >= 4 is 11.9 Å². The van der Waals surface area contributed by atoms with Crippen LogP contribution in [0.3, 0.4) is 0 Å². The molecule has 2 aliphatic rings. The van der Waals surface area contributed by atoms with Crippen molar-refractivity contribution < 1.29 is 14.3 Å². The summed E-state index contributed by atoms with van der Waals surface area (Å²) in [6, 6.07) is 11.6. The molecule has 6 heteroatoms. The lowest BCUT2D eigenvalue weighted by Gasteiger charge is -2.35. The van der Waals surface area contributed by atoms with E-state index in [0.717, 1.165) is 18.4 Å². The Morgan fingerprint density at radius 2 is 2.00 bits per heavy atom. The first-order valence-corrected chi connectivity index (χ1v) is 9.46. The third-order valence-corrected chi connectivity index (χ3v) is 5.85. The summed E-state index contributed by atoms with van der Waals surface area (Å²) >= 11 is 0. The fourth-order valence-corrected chi connectivity index (χ4v) is 4.77. The summed E-state index contributed by atoms with van der Waals surface area (Å²) in [5, 5.41) is 7.58. The van der Waals surface area contributed by atoms with Crippen molar-refractivity contribution in [1.29, 1.82) is 0 Å². The Hall–Kier alpha value is -2.76. The van der Waals surface area contributed by atoms with Crippen molar-refractivity contribution in [1.82, 2.24) is 15.1 Å². The van der Waals surface area contributed by atoms with Gasteiger partial charge in [-0.2, -0.15) is 10.2 Å². The van der Waals surface area contributed by atoms with Gasteiger partial charge >= 0.3 is 5.97 Å². The summed E-state index contributed by atoms with van der Waals surface area (Å²) in [6.07, 6.45) is 5.99. The van der Waals surface area contributed by atoms with E-state index >= 15 is 0 Å². The number of nitrogens with zero attached hydrogens (tertiary/aromatic N) is 3. The van der Waals surface area contributed by atoms with Gasteiger partial charge in [0.15, 0.2) is 0 Å². The normalized spacial score (nSPS) is 26.2. The zero-order chi connectivity index (χ0) is 18.9. The van der Waals surface area contributed by atoms with E-state index in [0.29, 0.717) is 25.0 Å². The molecule has 3 atom stereocenters. The predicted molar refractivity (Wildman–Crippen MR) is 98.8 cm³/mol. The average Bonchev–Trinajstić information content (AvgIpc) is 3.25. The van der Waals surface area contributed by atoms with Gasteiger partial charge in [0.05, 0.1) is 30.0 Å². The van der Waals surface area contributed by atoms with Crippen molar-refractivity contribution in [3.8, 4) is 0 Å². The average molecular weight is 365 g/mol. The number of hydrogen-bond donors (Lipinski definition) is 0. The quantitative estimate of drug-likeness (QED) is 0.762. The second-order valence-electron chi connectivity index (χ2n) is 7.33. The Kier molecular flexibility index (Phi) is 4.64. The van der Waals surface area contributed by atoms with Crippen LogP contribution in [0.25, 0.3) is 0 Å². The zero-order valence-corrected chi connectivity index (χ0v) is 15.4. The molecule has 2 aromatic rings. The van der Waals surface area contributed by atoms with E-state index in [1.165, 1.54) is 12.4 Å². The molecule has 0 N–H and O–H groups in total. The Labute approximate surface area is 158 Å². The van der Waals surface area contributed by atoms with E-state index in [1.54, 1.807) is 6.07 Å². The first-order chi connectivity index (χ1) is 13.2. The van der Waals surface area contributed by atoms with Crippen LogP contribution in [0.5, 0.6) is 0 Å². The Morgan fingerprint density at radius 3 is 2.70 bits per heavy atom. The highest BCUT2D eigenvalue weighted by Crippen LogP contribution is 2.52. The maximum absolute atomic E-state index is 13.1. The fourth-order valence-electron chi connectivity index (χ4n) is 4.77. The van der Waals surface area contributed by atoms with Gasteiger partial charge in [-0.1, -0.05) is 30.3 Å². The predicted octanol–water partition coefficient (Wildman–Crippen LogP) is 2.65. The Balaban J connectivity index is 1.69. The second kappa shape index (κ2) is 7.10. The molecule has 2 aliphatic heterocycles. The second-order valence-corrected chi connectivity index (χ2v) is 7.33. The molecule has 4 rings (SSSR count). The van der Waals surface area contributed by atoms with Gasteiger partial charge in [0.2, 0.25) is 0 Å². The molecular weight excluding hydrogens is 342 g/mol. The summed E-state index contributed by atoms with van der Waals surface area (Å²) in [6.45, 7) is 2.17. The number of carbonyl (C=O) groups excluding carboxylic acids is 2. The van der Waals surface area contributed by atoms with E-state index in [1.807, 2.05) is 42.2 Å². The standard InChI is InChI=1S/C21H23N3O3/c1-2-27-20(26)21(12-15-6-4-3-5-7-15)13-17-8-9-18(21)24(17)19(25)16-10-11-22-23-14-16/h3-7,10-11,14,17-18H,2,8-9,12-13H2,1H3/t17-,18+,21+/m1/s1. The van der Waals surface area contributed by atoms with E-state index in [4.69, 9.17) is 4.74 Å². The molecule has 1 aromatic heterocycles. The number of aromatic nitrogens is 2. The summed E-state index contributed by atoms with van der Waals surface area (Å²) in [4.78, 5) is 28.1. The lowest BCUT2D eigenvalue weighted by atomic mass is 9.70. The lowest BCUT2D eigenvalue weighted by molar-refractivity contribution is -0.157. The summed E-state index contributed by atoms with van der Waals surface area (Å²) < 4.78 is 5.49. The molecule has 0 spiro atoms. The van der Waals surface area contributed by atoms with Gasteiger partial charge in [0.25, 0.3) is 5.91 Å². The number of hydrogen-bond acceptors (Lipinski definition) is 5. The molecule has 140 valence electrons. The molecule has 3 heterocycles. The molecule has 0 aliphatic carbocycles. The summed E-state index contributed by atoms with van der Waals surface area (Å²) in [7, 11) is 0. The van der Waals surface area contributed by atoms with E-state index in [9.17, 15) is 9.59 Å². The largest absolute Gasteiger partial charge is 0.465 e. The Bertz CT molecular complexity index is 827. The van der Waals surface area contributed by atoms with Crippen molar-refractivity contribution in [3.05, 3.63) is 59.9 Å². The van der Waals surface area contributed by atoms with E-state index in [-0.39, 0.29) is 24.0 Å². The molecule has 1 aromatic carbocycles. The van der Waals surface area contributed by atoms with Crippen molar-refractivity contribution in [3.63, 3.8) is 0 Å². The Morgan fingerprint density at radius 1 is 1.19 bits per heavy atom. The highest BCUT2D eigenvalue weighted by molar-refractivity contribution is 5.95. The number of esters is 1. The first-order valence-electron chi connectivity index (χ1n) is 9.46. The number of amides is 1. The monoisotopic (exact) mass is 365 g/mol. The fraction of sp³-hybridized carbons (Fsp3) is 0.429. The van der Waals surface area contributed by atoms with Crippen molar-refractivity contribution in [2.24, 2.45) is 5.41 Å². The SMILES string of the molecule is CCOC(=O)[C@@]1(Cc2ccccc2)C[C@H]2CC[C@@H]1N2C(=O)c1ccnnc1. The molecule has 2 bridgehead atoms. The molecule has 0 saturated carbocycles. The zero-order valence-electron chi connectivity index (χ0n) is 15.4. The minimum atomic E-state index is -0.684. The minimum Gasteiger partial charge on any atom is -0.465 e. The molecule has 6 nitrogen and oxygen atoms in total. The third kappa shape index (κ3) is 2.99. The van der Waals surface area contributed by atoms with Gasteiger partial charge in [0, 0.05) is 12.1 Å². The maximum Gasteiger partial charge on any atom is 0.314 e. The highest BCUT2D eigenvalue weighted by atomic mass is 16.5. The van der Waals surface area contributed by atoms with Gasteiger partial charge in [-0.05, 0) is 44.2 Å². The topological polar surface area (TPSA) is 72.4 Å². The van der Waals surface area contributed by atoms with Crippen LogP contribution in [-0.2, 0) is 16.0 Å². The van der Waals surface area contributed by atoms with Gasteiger partial charge < -0.3 is 9.64 Å². The summed E-state index contributed by atoms with van der Waals surface area (Å²) in [5.41, 5.74) is 0.925. The maximum atomic E-state index is 13.1. The van der Waals surface area contributed by atoms with Gasteiger partial charge in [0.1, 0.15) is 0 Å². The van der Waals surface area contributed by atoms with Crippen LogP contribution in [-0.4, -0.2) is 45.7 Å². The minimum absolute atomic E-state index is 0.0591. The number of fused-ring (bicyclic) bond motifs is 2. The van der Waals surface area contributed by atoms with Crippen LogP contribution in [0, 0.1) is 5.41 Å². The number of carbonyl (C=O) groups is 2. The molecular formula is C21H23N3O3. The number of benzene rings is 1. The molecule has 0 unspecified atom stereocenters.